The number of nitrogens with one attached hydrogen (secondary N) is 1. The Bertz CT molecular complexity index is 1130. The third kappa shape index (κ3) is 4.36. The quantitative estimate of drug-likeness (QED) is 0.477. The van der Waals surface area contributed by atoms with Crippen molar-refractivity contribution in [1.82, 2.24) is 10.2 Å². The van der Waals surface area contributed by atoms with Crippen LogP contribution in [0.15, 0.2) is 66.0 Å². The highest BCUT2D eigenvalue weighted by Crippen LogP contribution is 2.59. The molecule has 0 aromatic heterocycles. The number of nitro groups is 1. The largest absolute Gasteiger partial charge is 0.381 e. The maximum absolute atomic E-state index is 12.5. The molecule has 1 N–H and O–H groups in total. The number of nitriles is 2. The monoisotopic (exact) mass is 477 g/mol. The molecule has 4 rings (SSSR count). The molecule has 0 saturated carbocycles. The molecule has 2 atom stereocenters. The summed E-state index contributed by atoms with van der Waals surface area (Å²) in [6.07, 6.45) is 0. The molecule has 1 saturated heterocycles. The summed E-state index contributed by atoms with van der Waals surface area (Å²) >= 11 is 6.09. The van der Waals surface area contributed by atoms with Crippen LogP contribution in [0.3, 0.4) is 0 Å². The highest BCUT2D eigenvalue weighted by atomic mass is 35.5. The number of halogens is 1. The third-order valence-electron chi connectivity index (χ3n) is 6.50. The van der Waals surface area contributed by atoms with E-state index in [0.29, 0.717) is 48.1 Å². The fraction of sp³-hybridized carbons (Fsp3) is 0.360. The molecule has 174 valence electrons. The Balaban J connectivity index is 1.82. The second-order valence-corrected chi connectivity index (χ2v) is 8.79. The van der Waals surface area contributed by atoms with Crippen molar-refractivity contribution in [1.29, 1.82) is 10.5 Å². The number of morpholine rings is 1. The van der Waals surface area contributed by atoms with Crippen LogP contribution < -0.4 is 5.32 Å². The zero-order valence-corrected chi connectivity index (χ0v) is 19.2. The van der Waals surface area contributed by atoms with Crippen molar-refractivity contribution >= 4 is 11.6 Å². The minimum absolute atomic E-state index is 0.142. The van der Waals surface area contributed by atoms with Crippen LogP contribution in [0, 0.1) is 38.2 Å². The van der Waals surface area contributed by atoms with E-state index in [4.69, 9.17) is 16.3 Å². The first kappa shape index (κ1) is 23.7. The van der Waals surface area contributed by atoms with E-state index in [1.54, 1.807) is 54.6 Å². The Kier molecular flexibility index (Phi) is 7.14. The van der Waals surface area contributed by atoms with E-state index in [1.165, 1.54) is 0 Å². The molecule has 0 unspecified atom stereocenters. The number of rotatable bonds is 7. The minimum Gasteiger partial charge on any atom is -0.381 e. The SMILES string of the molecule is N#CC1(C#N)[C@@H](c2ccc(Cl)cc2)C(NCCN2CCOCC2)=C([N+](=O)[O-])[C@@H]1c1ccccc1. The Morgan fingerprint density at radius 1 is 1.06 bits per heavy atom. The summed E-state index contributed by atoms with van der Waals surface area (Å²) in [7, 11) is 0. The second kappa shape index (κ2) is 10.2. The first-order chi connectivity index (χ1) is 16.5. The van der Waals surface area contributed by atoms with E-state index in [0.717, 1.165) is 13.1 Å². The molecule has 0 bridgehead atoms. The topological polar surface area (TPSA) is 115 Å². The van der Waals surface area contributed by atoms with Crippen LogP contribution in [-0.4, -0.2) is 49.2 Å². The smallest absolute Gasteiger partial charge is 0.275 e. The Hall–Kier alpha value is -3.43. The lowest BCUT2D eigenvalue weighted by Crippen LogP contribution is -2.40. The molecule has 1 heterocycles. The van der Waals surface area contributed by atoms with Crippen LogP contribution >= 0.6 is 11.6 Å². The molecule has 34 heavy (non-hydrogen) atoms. The normalized spacial score (nSPS) is 22.1. The average Bonchev–Trinajstić information content (AvgIpc) is 3.16. The van der Waals surface area contributed by atoms with E-state index in [2.05, 4.69) is 22.4 Å². The third-order valence-corrected chi connectivity index (χ3v) is 6.75. The summed E-state index contributed by atoms with van der Waals surface area (Å²) in [5, 5.41) is 37.0. The van der Waals surface area contributed by atoms with Gasteiger partial charge in [0.15, 0.2) is 5.41 Å². The van der Waals surface area contributed by atoms with E-state index < -0.39 is 22.2 Å². The van der Waals surface area contributed by atoms with Gasteiger partial charge in [-0.3, -0.25) is 15.0 Å². The first-order valence-electron chi connectivity index (χ1n) is 11.1. The number of ether oxygens (including phenoxy) is 1. The fourth-order valence-corrected chi connectivity index (χ4v) is 5.04. The standard InChI is InChI=1S/C25H24ClN5O3/c26-20-8-6-19(7-9-20)21-23(29-10-11-30-12-14-34-15-13-30)24(31(32)33)22(25(21,16-27)17-28)18-4-2-1-3-5-18/h1-9,21-22,29H,10-15H2/t21-,22-/m0/s1. The Labute approximate surface area is 203 Å². The van der Waals surface area contributed by atoms with Gasteiger partial charge in [-0.1, -0.05) is 54.1 Å². The van der Waals surface area contributed by atoms with Gasteiger partial charge >= 0.3 is 0 Å². The van der Waals surface area contributed by atoms with Crippen LogP contribution in [0.5, 0.6) is 0 Å². The van der Waals surface area contributed by atoms with Crippen molar-refractivity contribution in [2.24, 2.45) is 5.41 Å². The average molecular weight is 478 g/mol. The van der Waals surface area contributed by atoms with Crippen molar-refractivity contribution < 1.29 is 9.66 Å². The second-order valence-electron chi connectivity index (χ2n) is 8.36. The van der Waals surface area contributed by atoms with E-state index in [-0.39, 0.29) is 5.70 Å². The zero-order chi connectivity index (χ0) is 24.1. The number of hydrogen-bond donors (Lipinski definition) is 1. The lowest BCUT2D eigenvalue weighted by molar-refractivity contribution is -0.431. The van der Waals surface area contributed by atoms with E-state index in [1.807, 2.05) is 0 Å². The maximum Gasteiger partial charge on any atom is 0.275 e. The van der Waals surface area contributed by atoms with Crippen LogP contribution in [0.25, 0.3) is 0 Å². The number of allylic oxidation sites excluding steroid dienone is 2. The highest BCUT2D eigenvalue weighted by molar-refractivity contribution is 6.30. The number of benzene rings is 2. The van der Waals surface area contributed by atoms with Gasteiger partial charge in [0.05, 0.1) is 41.9 Å². The van der Waals surface area contributed by atoms with Crippen LogP contribution in [-0.2, 0) is 4.74 Å². The molecule has 0 spiro atoms. The predicted octanol–water partition coefficient (Wildman–Crippen LogP) is 3.66. The lowest BCUT2D eigenvalue weighted by Gasteiger charge is -2.29. The van der Waals surface area contributed by atoms with Gasteiger partial charge in [-0.05, 0) is 23.3 Å². The van der Waals surface area contributed by atoms with Crippen molar-refractivity contribution in [2.75, 3.05) is 39.4 Å². The molecule has 9 heteroatoms. The highest BCUT2D eigenvalue weighted by Gasteiger charge is 2.62. The van der Waals surface area contributed by atoms with Gasteiger partial charge < -0.3 is 10.1 Å². The molecular formula is C25H24ClN5O3. The number of nitrogens with zero attached hydrogens (tertiary/aromatic N) is 4. The lowest BCUT2D eigenvalue weighted by atomic mass is 9.67. The summed E-state index contributed by atoms with van der Waals surface area (Å²) in [4.78, 5) is 14.2. The van der Waals surface area contributed by atoms with Crippen molar-refractivity contribution in [2.45, 2.75) is 11.8 Å². The summed E-state index contributed by atoms with van der Waals surface area (Å²) in [6, 6.07) is 19.9. The molecular weight excluding hydrogens is 454 g/mol. The zero-order valence-electron chi connectivity index (χ0n) is 18.5. The van der Waals surface area contributed by atoms with Gasteiger partial charge in [-0.15, -0.1) is 0 Å². The Morgan fingerprint density at radius 2 is 1.68 bits per heavy atom. The molecule has 0 amide bonds. The van der Waals surface area contributed by atoms with Crippen LogP contribution in [0.2, 0.25) is 5.02 Å². The summed E-state index contributed by atoms with van der Waals surface area (Å²) in [5.41, 5.74) is -0.368. The summed E-state index contributed by atoms with van der Waals surface area (Å²) in [5.74, 6) is -1.86. The van der Waals surface area contributed by atoms with Gasteiger partial charge in [0.1, 0.15) is 5.92 Å². The molecule has 8 nitrogen and oxygen atoms in total. The van der Waals surface area contributed by atoms with Gasteiger partial charge in [0.2, 0.25) is 0 Å². The van der Waals surface area contributed by atoms with Crippen LogP contribution in [0.1, 0.15) is 23.0 Å². The van der Waals surface area contributed by atoms with E-state index in [9.17, 15) is 20.6 Å². The van der Waals surface area contributed by atoms with Crippen molar-refractivity contribution in [3.05, 3.63) is 92.3 Å². The molecule has 1 aliphatic heterocycles. The van der Waals surface area contributed by atoms with Gasteiger partial charge in [-0.2, -0.15) is 10.5 Å². The van der Waals surface area contributed by atoms with Crippen LogP contribution in [0.4, 0.5) is 0 Å². The maximum atomic E-state index is 12.5. The van der Waals surface area contributed by atoms with E-state index >= 15 is 0 Å². The number of hydrogen-bond acceptors (Lipinski definition) is 7. The fourth-order valence-electron chi connectivity index (χ4n) is 4.92. The Morgan fingerprint density at radius 3 is 2.26 bits per heavy atom. The predicted molar refractivity (Wildman–Crippen MR) is 126 cm³/mol. The molecule has 1 fully saturated rings. The minimum atomic E-state index is -1.71. The van der Waals surface area contributed by atoms with Gasteiger partial charge in [0, 0.05) is 31.2 Å². The summed E-state index contributed by atoms with van der Waals surface area (Å²) in [6.45, 7) is 3.97. The van der Waals surface area contributed by atoms with Crippen molar-refractivity contribution in [3.63, 3.8) is 0 Å². The van der Waals surface area contributed by atoms with Crippen molar-refractivity contribution in [3.8, 4) is 12.1 Å². The molecule has 1 aliphatic carbocycles. The van der Waals surface area contributed by atoms with Gasteiger partial charge in [0.25, 0.3) is 5.70 Å². The molecule has 2 aromatic rings. The molecule has 2 aliphatic rings. The van der Waals surface area contributed by atoms with Gasteiger partial charge in [-0.25, -0.2) is 0 Å². The first-order valence-corrected chi connectivity index (χ1v) is 11.4. The summed E-state index contributed by atoms with van der Waals surface area (Å²) < 4.78 is 5.39. The molecule has 2 aromatic carbocycles. The molecule has 0 radical (unpaired) electrons.